The normalized spacial score (nSPS) is 10.9. The fourth-order valence-electron chi connectivity index (χ4n) is 1.84. The lowest BCUT2D eigenvalue weighted by Crippen LogP contribution is -2.00. The van der Waals surface area contributed by atoms with Crippen LogP contribution in [0.2, 0.25) is 0 Å². The van der Waals surface area contributed by atoms with Crippen molar-refractivity contribution in [3.63, 3.8) is 0 Å². The number of anilines is 1. The Kier molecular flexibility index (Phi) is 2.68. The van der Waals surface area contributed by atoms with Crippen LogP contribution in [0.1, 0.15) is 5.69 Å². The van der Waals surface area contributed by atoms with Gasteiger partial charge < -0.3 is 5.32 Å². The number of hydrogen-bond acceptors (Lipinski definition) is 5. The topological polar surface area (TPSA) is 50.7 Å². The van der Waals surface area contributed by atoms with Crippen LogP contribution in [0.25, 0.3) is 20.4 Å². The molecular weight excluding hydrogens is 244 g/mol. The Balaban J connectivity index is 2.27. The number of aryl methyl sites for hydroxylation is 1. The summed E-state index contributed by atoms with van der Waals surface area (Å²) in [5.41, 5.74) is 1.98. The van der Waals surface area contributed by atoms with Gasteiger partial charge in [0.05, 0.1) is 10.2 Å². The Morgan fingerprint density at radius 2 is 2.28 bits per heavy atom. The van der Waals surface area contributed by atoms with E-state index in [1.165, 1.54) is 0 Å². The van der Waals surface area contributed by atoms with Crippen molar-refractivity contribution in [2.45, 2.75) is 6.92 Å². The monoisotopic (exact) mass is 256 g/mol. The molecule has 0 saturated carbocycles. The summed E-state index contributed by atoms with van der Waals surface area (Å²) in [4.78, 5) is 14.2. The van der Waals surface area contributed by atoms with Crippen LogP contribution < -0.4 is 5.32 Å². The molecule has 4 nitrogen and oxygen atoms in total. The van der Waals surface area contributed by atoms with E-state index in [-0.39, 0.29) is 0 Å². The third-order valence-corrected chi connectivity index (χ3v) is 3.77. The molecule has 3 aromatic rings. The fourth-order valence-corrected chi connectivity index (χ4v) is 2.98. The SMILES string of the molecule is C=CCNc1ncnc2c1sc1nc(C)ccc12. The number of aromatic nitrogens is 3. The third-order valence-electron chi connectivity index (χ3n) is 2.67. The molecule has 1 N–H and O–H groups in total. The predicted octanol–water partition coefficient (Wildman–Crippen LogP) is 3.15. The van der Waals surface area contributed by atoms with Crippen LogP contribution in [0.4, 0.5) is 5.82 Å². The van der Waals surface area contributed by atoms with Crippen molar-refractivity contribution in [2.24, 2.45) is 0 Å². The second-order valence-electron chi connectivity index (χ2n) is 3.98. The Morgan fingerprint density at radius 1 is 1.39 bits per heavy atom. The van der Waals surface area contributed by atoms with Crippen LogP contribution in [0.5, 0.6) is 0 Å². The Labute approximate surface area is 108 Å². The molecule has 0 radical (unpaired) electrons. The van der Waals surface area contributed by atoms with E-state index in [1.54, 1.807) is 17.7 Å². The molecular formula is C13H12N4S. The first-order valence-electron chi connectivity index (χ1n) is 5.65. The highest BCUT2D eigenvalue weighted by Gasteiger charge is 2.11. The van der Waals surface area contributed by atoms with E-state index in [4.69, 9.17) is 0 Å². The maximum absolute atomic E-state index is 4.54. The van der Waals surface area contributed by atoms with E-state index in [0.29, 0.717) is 6.54 Å². The highest BCUT2D eigenvalue weighted by atomic mass is 32.1. The zero-order valence-corrected chi connectivity index (χ0v) is 10.8. The molecule has 0 atom stereocenters. The number of fused-ring (bicyclic) bond motifs is 3. The van der Waals surface area contributed by atoms with Gasteiger partial charge in [-0.3, -0.25) is 0 Å². The third kappa shape index (κ3) is 1.73. The minimum Gasteiger partial charge on any atom is -0.365 e. The predicted molar refractivity (Wildman–Crippen MR) is 76.1 cm³/mol. The summed E-state index contributed by atoms with van der Waals surface area (Å²) in [6.07, 6.45) is 3.39. The minimum absolute atomic E-state index is 0.687. The van der Waals surface area contributed by atoms with Gasteiger partial charge in [0.25, 0.3) is 0 Å². The molecule has 0 aromatic carbocycles. The number of rotatable bonds is 3. The fraction of sp³-hybridized carbons (Fsp3) is 0.154. The van der Waals surface area contributed by atoms with E-state index in [1.807, 2.05) is 19.1 Å². The zero-order chi connectivity index (χ0) is 12.5. The van der Waals surface area contributed by atoms with E-state index in [2.05, 4.69) is 32.9 Å². The molecule has 0 aliphatic carbocycles. The average molecular weight is 256 g/mol. The molecule has 5 heteroatoms. The van der Waals surface area contributed by atoms with Crippen molar-refractivity contribution in [1.82, 2.24) is 15.0 Å². The minimum atomic E-state index is 0.687. The van der Waals surface area contributed by atoms with Crippen LogP contribution in [0.3, 0.4) is 0 Å². The van der Waals surface area contributed by atoms with Gasteiger partial charge in [0.15, 0.2) is 0 Å². The molecule has 3 aromatic heterocycles. The number of nitrogens with one attached hydrogen (secondary N) is 1. The number of nitrogens with zero attached hydrogens (tertiary/aromatic N) is 3. The highest BCUT2D eigenvalue weighted by molar-refractivity contribution is 7.25. The smallest absolute Gasteiger partial charge is 0.147 e. The second kappa shape index (κ2) is 4.34. The van der Waals surface area contributed by atoms with Crippen LogP contribution in [0.15, 0.2) is 31.1 Å². The summed E-state index contributed by atoms with van der Waals surface area (Å²) in [6.45, 7) is 6.38. The van der Waals surface area contributed by atoms with Gasteiger partial charge in [-0.1, -0.05) is 6.08 Å². The molecule has 3 heterocycles. The Bertz CT molecular complexity index is 732. The van der Waals surface area contributed by atoms with Crippen LogP contribution in [-0.4, -0.2) is 21.5 Å². The summed E-state index contributed by atoms with van der Waals surface area (Å²) < 4.78 is 1.05. The van der Waals surface area contributed by atoms with E-state index in [9.17, 15) is 0 Å². The lowest BCUT2D eigenvalue weighted by atomic mass is 10.2. The van der Waals surface area contributed by atoms with Crippen LogP contribution in [-0.2, 0) is 0 Å². The molecule has 90 valence electrons. The first-order valence-corrected chi connectivity index (χ1v) is 6.47. The van der Waals surface area contributed by atoms with Gasteiger partial charge >= 0.3 is 0 Å². The molecule has 0 bridgehead atoms. The average Bonchev–Trinajstić information content (AvgIpc) is 2.74. The van der Waals surface area contributed by atoms with Gasteiger partial charge in [0.1, 0.15) is 17.0 Å². The summed E-state index contributed by atoms with van der Waals surface area (Å²) >= 11 is 1.62. The molecule has 0 unspecified atom stereocenters. The Morgan fingerprint density at radius 3 is 3.11 bits per heavy atom. The zero-order valence-electron chi connectivity index (χ0n) is 9.97. The lowest BCUT2D eigenvalue weighted by molar-refractivity contribution is 1.19. The van der Waals surface area contributed by atoms with Crippen LogP contribution in [0, 0.1) is 6.92 Å². The quantitative estimate of drug-likeness (QED) is 0.731. The maximum atomic E-state index is 4.54. The summed E-state index contributed by atoms with van der Waals surface area (Å²) in [5, 5.41) is 4.31. The highest BCUT2D eigenvalue weighted by Crippen LogP contribution is 2.34. The van der Waals surface area contributed by atoms with Crippen molar-refractivity contribution in [3.05, 3.63) is 36.8 Å². The molecule has 0 spiro atoms. The first kappa shape index (κ1) is 11.1. The largest absolute Gasteiger partial charge is 0.365 e. The van der Waals surface area contributed by atoms with Crippen molar-refractivity contribution < 1.29 is 0 Å². The standard InChI is InChI=1S/C13H12N4S/c1-3-6-14-12-11-10(15-7-16-12)9-5-4-8(2)17-13(9)18-11/h3-5,7H,1,6H2,2H3,(H,14,15,16). The molecule has 3 rings (SSSR count). The van der Waals surface area contributed by atoms with Crippen molar-refractivity contribution >= 4 is 37.6 Å². The number of hydrogen-bond donors (Lipinski definition) is 1. The molecule has 0 aliphatic heterocycles. The van der Waals surface area contributed by atoms with Gasteiger partial charge in [0.2, 0.25) is 0 Å². The Hall–Kier alpha value is -2.01. The van der Waals surface area contributed by atoms with Crippen molar-refractivity contribution in [3.8, 4) is 0 Å². The summed E-state index contributed by atoms with van der Waals surface area (Å²) in [5.74, 6) is 0.848. The van der Waals surface area contributed by atoms with E-state index >= 15 is 0 Å². The molecule has 0 amide bonds. The molecule has 18 heavy (non-hydrogen) atoms. The van der Waals surface area contributed by atoms with Crippen molar-refractivity contribution in [2.75, 3.05) is 11.9 Å². The van der Waals surface area contributed by atoms with Gasteiger partial charge in [0, 0.05) is 17.6 Å². The lowest BCUT2D eigenvalue weighted by Gasteiger charge is -2.01. The van der Waals surface area contributed by atoms with Gasteiger partial charge in [-0.15, -0.1) is 17.9 Å². The first-order chi connectivity index (χ1) is 8.79. The summed E-state index contributed by atoms with van der Waals surface area (Å²) in [7, 11) is 0. The molecule has 0 aliphatic rings. The number of pyridine rings is 1. The van der Waals surface area contributed by atoms with Crippen LogP contribution >= 0.6 is 11.3 Å². The van der Waals surface area contributed by atoms with Gasteiger partial charge in [-0.05, 0) is 19.1 Å². The molecule has 0 fully saturated rings. The van der Waals surface area contributed by atoms with E-state index in [0.717, 1.165) is 31.9 Å². The maximum Gasteiger partial charge on any atom is 0.147 e. The van der Waals surface area contributed by atoms with Gasteiger partial charge in [-0.2, -0.15) is 0 Å². The van der Waals surface area contributed by atoms with Gasteiger partial charge in [-0.25, -0.2) is 15.0 Å². The molecule has 0 saturated heterocycles. The van der Waals surface area contributed by atoms with E-state index < -0.39 is 0 Å². The summed E-state index contributed by atoms with van der Waals surface area (Å²) in [6, 6.07) is 4.08. The number of thiophene rings is 1. The second-order valence-corrected chi connectivity index (χ2v) is 4.98. The van der Waals surface area contributed by atoms with Crippen molar-refractivity contribution in [1.29, 1.82) is 0 Å².